The highest BCUT2D eigenvalue weighted by atomic mass is 16.5. The number of amides is 1. The molecule has 2 aromatic rings. The molecule has 0 saturated carbocycles. The van der Waals surface area contributed by atoms with Crippen LogP contribution in [-0.2, 0) is 4.79 Å². The number of carbonyl (C=O) groups is 1. The molecule has 1 amide bonds. The second-order valence-electron chi connectivity index (χ2n) is 5.91. The molecule has 0 spiro atoms. The Morgan fingerprint density at radius 2 is 1.62 bits per heavy atom. The van der Waals surface area contributed by atoms with Crippen LogP contribution >= 0.6 is 0 Å². The van der Waals surface area contributed by atoms with Crippen molar-refractivity contribution in [1.82, 2.24) is 5.32 Å². The normalized spacial score (nSPS) is 19.4. The van der Waals surface area contributed by atoms with Gasteiger partial charge in [-0.3, -0.25) is 4.79 Å². The highest BCUT2D eigenvalue weighted by molar-refractivity contribution is 5.87. The Balaban J connectivity index is 2.17. The monoisotopic (exact) mass is 326 g/mol. The topological polar surface area (TPSA) is 73.6 Å². The molecule has 0 saturated heterocycles. The predicted octanol–water partition coefficient (Wildman–Crippen LogP) is 3.00. The number of nitrogens with two attached hydrogens (primary N) is 1. The van der Waals surface area contributed by atoms with Crippen LogP contribution in [0.4, 0.5) is 5.69 Å². The zero-order chi connectivity index (χ0) is 17.3. The molecule has 0 bridgehead atoms. The van der Waals surface area contributed by atoms with E-state index in [1.807, 2.05) is 43.3 Å². The predicted molar refractivity (Wildman–Crippen MR) is 93.4 cm³/mol. The second kappa shape index (κ2) is 6.43. The van der Waals surface area contributed by atoms with Crippen molar-refractivity contribution in [3.63, 3.8) is 0 Å². The molecule has 24 heavy (non-hydrogen) atoms. The molecule has 2 atom stereocenters. The van der Waals surface area contributed by atoms with E-state index in [9.17, 15) is 4.79 Å². The molecule has 1 heterocycles. The van der Waals surface area contributed by atoms with Crippen LogP contribution in [0.25, 0.3) is 0 Å². The van der Waals surface area contributed by atoms with Crippen molar-refractivity contribution in [2.24, 2.45) is 0 Å². The van der Waals surface area contributed by atoms with Gasteiger partial charge in [-0.15, -0.1) is 0 Å². The van der Waals surface area contributed by atoms with Gasteiger partial charge in [0, 0.05) is 5.69 Å². The number of hydrogen-bond acceptors (Lipinski definition) is 4. The van der Waals surface area contributed by atoms with Crippen LogP contribution in [0.5, 0.6) is 11.5 Å². The third-order valence-electron chi connectivity index (χ3n) is 4.56. The summed E-state index contributed by atoms with van der Waals surface area (Å²) in [6.45, 7) is 2.01. The summed E-state index contributed by atoms with van der Waals surface area (Å²) >= 11 is 0. The molecule has 2 unspecified atom stereocenters. The molecule has 0 radical (unpaired) electrons. The molecule has 3 N–H and O–H groups in total. The van der Waals surface area contributed by atoms with Crippen molar-refractivity contribution in [3.05, 3.63) is 53.1 Å². The van der Waals surface area contributed by atoms with E-state index in [0.717, 1.165) is 23.1 Å². The van der Waals surface area contributed by atoms with Gasteiger partial charge in [-0.05, 0) is 47.4 Å². The molecule has 1 aliphatic rings. The minimum absolute atomic E-state index is 0.0269. The Kier molecular flexibility index (Phi) is 4.34. The zero-order valence-corrected chi connectivity index (χ0v) is 14.1. The number of nitrogen functional groups attached to an aromatic ring is 1. The summed E-state index contributed by atoms with van der Waals surface area (Å²) in [5, 5.41) is 3.12. The average Bonchev–Trinajstić information content (AvgIpc) is 2.60. The maximum atomic E-state index is 12.6. The van der Waals surface area contributed by atoms with E-state index < -0.39 is 0 Å². The molecule has 1 aliphatic heterocycles. The summed E-state index contributed by atoms with van der Waals surface area (Å²) in [6.07, 6.45) is 0.725. The van der Waals surface area contributed by atoms with E-state index in [0.29, 0.717) is 17.2 Å². The third-order valence-corrected chi connectivity index (χ3v) is 4.56. The van der Waals surface area contributed by atoms with Crippen molar-refractivity contribution in [3.8, 4) is 11.5 Å². The summed E-state index contributed by atoms with van der Waals surface area (Å²) in [5.74, 6) is 1.13. The van der Waals surface area contributed by atoms with Crippen molar-refractivity contribution in [2.45, 2.75) is 25.3 Å². The van der Waals surface area contributed by atoms with Crippen LogP contribution in [0, 0.1) is 0 Å². The molecular weight excluding hydrogens is 304 g/mol. The van der Waals surface area contributed by atoms with Crippen molar-refractivity contribution in [2.75, 3.05) is 20.0 Å². The number of methoxy groups -OCH3 is 2. The van der Waals surface area contributed by atoms with E-state index in [4.69, 9.17) is 15.2 Å². The van der Waals surface area contributed by atoms with Gasteiger partial charge in [-0.2, -0.15) is 0 Å². The Hall–Kier alpha value is -2.69. The van der Waals surface area contributed by atoms with Gasteiger partial charge in [-0.25, -0.2) is 0 Å². The molecule has 126 valence electrons. The SMILES string of the molecule is CCC1C(=O)NC(c2ccc(N)cc2)c2cc(OC)c(OC)cc21. The molecule has 2 aromatic carbocycles. The summed E-state index contributed by atoms with van der Waals surface area (Å²) in [4.78, 5) is 12.6. The number of rotatable bonds is 4. The number of carbonyl (C=O) groups excluding carboxylic acids is 1. The molecule has 5 heteroatoms. The van der Waals surface area contributed by atoms with Crippen molar-refractivity contribution >= 4 is 11.6 Å². The molecular formula is C19H22N2O3. The summed E-state index contributed by atoms with van der Waals surface area (Å²) in [6, 6.07) is 11.2. The largest absolute Gasteiger partial charge is 0.493 e. The molecule has 3 rings (SSSR count). The summed E-state index contributed by atoms with van der Waals surface area (Å²) in [5.41, 5.74) is 9.48. The van der Waals surface area contributed by atoms with Gasteiger partial charge >= 0.3 is 0 Å². The number of anilines is 1. The Morgan fingerprint density at radius 3 is 2.17 bits per heavy atom. The second-order valence-corrected chi connectivity index (χ2v) is 5.91. The number of fused-ring (bicyclic) bond motifs is 1. The number of benzene rings is 2. The zero-order valence-electron chi connectivity index (χ0n) is 14.1. The van der Waals surface area contributed by atoms with E-state index in [-0.39, 0.29) is 17.9 Å². The van der Waals surface area contributed by atoms with Crippen LogP contribution in [0.3, 0.4) is 0 Å². The van der Waals surface area contributed by atoms with Gasteiger partial charge in [0.2, 0.25) is 5.91 Å². The maximum Gasteiger partial charge on any atom is 0.228 e. The van der Waals surface area contributed by atoms with E-state index in [1.54, 1.807) is 14.2 Å². The van der Waals surface area contributed by atoms with Crippen LogP contribution in [0.15, 0.2) is 36.4 Å². The van der Waals surface area contributed by atoms with E-state index in [2.05, 4.69) is 5.32 Å². The Labute approximate surface area is 141 Å². The lowest BCUT2D eigenvalue weighted by Gasteiger charge is -2.32. The smallest absolute Gasteiger partial charge is 0.228 e. The van der Waals surface area contributed by atoms with Crippen molar-refractivity contribution in [1.29, 1.82) is 0 Å². The first-order valence-electron chi connectivity index (χ1n) is 8.00. The fourth-order valence-corrected chi connectivity index (χ4v) is 3.28. The minimum atomic E-state index is -0.226. The van der Waals surface area contributed by atoms with Crippen LogP contribution in [0.2, 0.25) is 0 Å². The fourth-order valence-electron chi connectivity index (χ4n) is 3.28. The number of nitrogens with one attached hydrogen (secondary N) is 1. The highest BCUT2D eigenvalue weighted by Crippen LogP contribution is 2.42. The van der Waals surface area contributed by atoms with Crippen molar-refractivity contribution < 1.29 is 14.3 Å². The lowest BCUT2D eigenvalue weighted by Crippen LogP contribution is -2.39. The first kappa shape index (κ1) is 16.2. The molecule has 0 aliphatic carbocycles. The standard InChI is InChI=1S/C19H22N2O3/c1-4-13-14-9-16(23-2)17(24-3)10-15(14)18(21-19(13)22)11-5-7-12(20)8-6-11/h5-10,13,18H,4,20H2,1-3H3,(H,21,22). The average molecular weight is 326 g/mol. The molecule has 0 fully saturated rings. The lowest BCUT2D eigenvalue weighted by atomic mass is 9.82. The van der Waals surface area contributed by atoms with Gasteiger partial charge in [-0.1, -0.05) is 19.1 Å². The first-order chi connectivity index (χ1) is 11.6. The van der Waals surface area contributed by atoms with Gasteiger partial charge in [0.25, 0.3) is 0 Å². The van der Waals surface area contributed by atoms with Gasteiger partial charge in [0.05, 0.1) is 26.2 Å². The molecule has 5 nitrogen and oxygen atoms in total. The first-order valence-corrected chi connectivity index (χ1v) is 8.00. The van der Waals surface area contributed by atoms with E-state index >= 15 is 0 Å². The van der Waals surface area contributed by atoms with Gasteiger partial charge < -0.3 is 20.5 Å². The number of hydrogen-bond donors (Lipinski definition) is 2. The van der Waals surface area contributed by atoms with Crippen LogP contribution in [-0.4, -0.2) is 20.1 Å². The Bertz CT molecular complexity index is 756. The third kappa shape index (κ3) is 2.66. The van der Waals surface area contributed by atoms with Crippen LogP contribution < -0.4 is 20.5 Å². The van der Waals surface area contributed by atoms with Gasteiger partial charge in [0.15, 0.2) is 11.5 Å². The number of ether oxygens (including phenoxy) is 2. The lowest BCUT2D eigenvalue weighted by molar-refractivity contribution is -0.123. The summed E-state index contributed by atoms with van der Waals surface area (Å²) in [7, 11) is 3.22. The molecule has 0 aromatic heterocycles. The summed E-state index contributed by atoms with van der Waals surface area (Å²) < 4.78 is 10.9. The quantitative estimate of drug-likeness (QED) is 0.847. The maximum absolute atomic E-state index is 12.6. The van der Waals surface area contributed by atoms with Crippen LogP contribution in [0.1, 0.15) is 42.0 Å². The Morgan fingerprint density at radius 1 is 1.04 bits per heavy atom. The fraction of sp³-hybridized carbons (Fsp3) is 0.316. The highest BCUT2D eigenvalue weighted by Gasteiger charge is 2.34. The van der Waals surface area contributed by atoms with Gasteiger partial charge in [0.1, 0.15) is 0 Å². The minimum Gasteiger partial charge on any atom is -0.493 e. The van der Waals surface area contributed by atoms with E-state index in [1.165, 1.54) is 0 Å².